The molecule has 2 unspecified atom stereocenters. The molecule has 0 radical (unpaired) electrons. The Bertz CT molecular complexity index is 471. The molecule has 110 valence electrons. The van der Waals surface area contributed by atoms with Gasteiger partial charge in [-0.05, 0) is 49.6 Å². The van der Waals surface area contributed by atoms with E-state index >= 15 is 0 Å². The van der Waals surface area contributed by atoms with Gasteiger partial charge in [-0.2, -0.15) is 0 Å². The Morgan fingerprint density at radius 3 is 2.75 bits per heavy atom. The highest BCUT2D eigenvalue weighted by atomic mass is 16.5. The number of nitrogens with zero attached hydrogens (tertiary/aromatic N) is 1. The maximum atomic E-state index is 10.6. The van der Waals surface area contributed by atoms with Crippen LogP contribution in [0.1, 0.15) is 30.1 Å². The van der Waals surface area contributed by atoms with E-state index in [1.165, 1.54) is 5.56 Å². The quantitative estimate of drug-likeness (QED) is 0.914. The SMILES string of the molecule is COc1ccc2c(c1)C(O)C(N(C)C1CCOCC1)C2. The summed E-state index contributed by atoms with van der Waals surface area (Å²) >= 11 is 0. The van der Waals surface area contributed by atoms with Crippen molar-refractivity contribution in [3.05, 3.63) is 29.3 Å². The molecule has 1 aromatic rings. The maximum Gasteiger partial charge on any atom is 0.119 e. The van der Waals surface area contributed by atoms with E-state index in [4.69, 9.17) is 9.47 Å². The summed E-state index contributed by atoms with van der Waals surface area (Å²) in [4.78, 5) is 2.35. The standard InChI is InChI=1S/C16H23NO3/c1-17(12-5-7-20-8-6-12)15-9-11-3-4-13(19-2)10-14(11)16(15)18/h3-4,10,12,15-16,18H,5-9H2,1-2H3. The fourth-order valence-electron chi connectivity index (χ4n) is 3.44. The van der Waals surface area contributed by atoms with Gasteiger partial charge in [-0.1, -0.05) is 6.07 Å². The Kier molecular flexibility index (Phi) is 3.96. The highest BCUT2D eigenvalue weighted by molar-refractivity contribution is 5.41. The van der Waals surface area contributed by atoms with Crippen molar-refractivity contribution in [1.82, 2.24) is 4.90 Å². The van der Waals surface area contributed by atoms with Crippen LogP contribution in [0, 0.1) is 0 Å². The lowest BCUT2D eigenvalue weighted by molar-refractivity contribution is -0.00151. The van der Waals surface area contributed by atoms with Gasteiger partial charge in [0, 0.05) is 25.3 Å². The van der Waals surface area contributed by atoms with E-state index in [0.29, 0.717) is 6.04 Å². The molecule has 0 amide bonds. The van der Waals surface area contributed by atoms with E-state index in [1.807, 2.05) is 12.1 Å². The van der Waals surface area contributed by atoms with Crippen LogP contribution in [0.4, 0.5) is 0 Å². The van der Waals surface area contributed by atoms with Crippen LogP contribution in [-0.4, -0.2) is 49.5 Å². The van der Waals surface area contributed by atoms with Gasteiger partial charge in [0.15, 0.2) is 0 Å². The van der Waals surface area contributed by atoms with E-state index < -0.39 is 6.10 Å². The number of methoxy groups -OCH3 is 1. The number of aliphatic hydroxyl groups is 1. The number of rotatable bonds is 3. The minimum Gasteiger partial charge on any atom is -0.497 e. The van der Waals surface area contributed by atoms with Crippen molar-refractivity contribution < 1.29 is 14.6 Å². The van der Waals surface area contributed by atoms with E-state index in [1.54, 1.807) is 7.11 Å². The van der Waals surface area contributed by atoms with Crippen molar-refractivity contribution in [2.24, 2.45) is 0 Å². The minimum atomic E-state index is -0.423. The van der Waals surface area contributed by atoms with Crippen LogP contribution in [-0.2, 0) is 11.2 Å². The third kappa shape index (κ3) is 2.43. The van der Waals surface area contributed by atoms with Gasteiger partial charge < -0.3 is 14.6 Å². The third-order valence-electron chi connectivity index (χ3n) is 4.76. The molecular formula is C16H23NO3. The summed E-state index contributed by atoms with van der Waals surface area (Å²) < 4.78 is 10.7. The van der Waals surface area contributed by atoms with Crippen LogP contribution in [0.2, 0.25) is 0 Å². The molecule has 0 spiro atoms. The first-order valence-corrected chi connectivity index (χ1v) is 7.35. The summed E-state index contributed by atoms with van der Waals surface area (Å²) in [6.07, 6.45) is 2.60. The maximum absolute atomic E-state index is 10.6. The van der Waals surface area contributed by atoms with E-state index in [-0.39, 0.29) is 6.04 Å². The Balaban J connectivity index is 1.76. The lowest BCUT2D eigenvalue weighted by Gasteiger charge is -2.36. The van der Waals surface area contributed by atoms with Gasteiger partial charge in [0.1, 0.15) is 5.75 Å². The summed E-state index contributed by atoms with van der Waals surface area (Å²) in [6.45, 7) is 1.66. The number of ether oxygens (including phenoxy) is 2. The van der Waals surface area contributed by atoms with Gasteiger partial charge in [-0.15, -0.1) is 0 Å². The van der Waals surface area contributed by atoms with E-state index in [2.05, 4.69) is 18.0 Å². The van der Waals surface area contributed by atoms with Gasteiger partial charge in [0.25, 0.3) is 0 Å². The van der Waals surface area contributed by atoms with Crippen molar-refractivity contribution in [3.8, 4) is 5.75 Å². The van der Waals surface area contributed by atoms with Crippen LogP contribution >= 0.6 is 0 Å². The molecule has 1 N–H and O–H groups in total. The largest absolute Gasteiger partial charge is 0.497 e. The number of fused-ring (bicyclic) bond motifs is 1. The van der Waals surface area contributed by atoms with Crippen LogP contribution in [0.3, 0.4) is 0 Å². The Morgan fingerprint density at radius 2 is 2.05 bits per heavy atom. The number of benzene rings is 1. The van der Waals surface area contributed by atoms with Crippen molar-refractivity contribution in [3.63, 3.8) is 0 Å². The second-order valence-electron chi connectivity index (χ2n) is 5.79. The second-order valence-corrected chi connectivity index (χ2v) is 5.79. The molecule has 20 heavy (non-hydrogen) atoms. The molecule has 1 heterocycles. The molecule has 4 nitrogen and oxygen atoms in total. The highest BCUT2D eigenvalue weighted by Crippen LogP contribution is 2.37. The topological polar surface area (TPSA) is 41.9 Å². The first-order valence-electron chi connectivity index (χ1n) is 7.35. The second kappa shape index (κ2) is 5.72. The van der Waals surface area contributed by atoms with Gasteiger partial charge in [-0.3, -0.25) is 4.90 Å². The van der Waals surface area contributed by atoms with Gasteiger partial charge in [0.2, 0.25) is 0 Å². The molecule has 0 aromatic heterocycles. The first-order chi connectivity index (χ1) is 9.70. The monoisotopic (exact) mass is 277 g/mol. The van der Waals surface area contributed by atoms with E-state index in [9.17, 15) is 5.11 Å². The van der Waals surface area contributed by atoms with Crippen molar-refractivity contribution in [2.75, 3.05) is 27.4 Å². The number of likely N-dealkylation sites (N-methyl/N-ethyl adjacent to an activating group) is 1. The smallest absolute Gasteiger partial charge is 0.119 e. The zero-order valence-electron chi connectivity index (χ0n) is 12.2. The van der Waals surface area contributed by atoms with Crippen molar-refractivity contribution in [1.29, 1.82) is 0 Å². The average molecular weight is 277 g/mol. The molecule has 1 saturated heterocycles. The number of hydrogen-bond donors (Lipinski definition) is 1. The van der Waals surface area contributed by atoms with Gasteiger partial charge in [0.05, 0.1) is 13.2 Å². The molecule has 3 rings (SSSR count). The lowest BCUT2D eigenvalue weighted by atomic mass is 10.0. The molecule has 1 aliphatic carbocycles. The lowest BCUT2D eigenvalue weighted by Crippen LogP contribution is -2.45. The third-order valence-corrected chi connectivity index (χ3v) is 4.76. The van der Waals surface area contributed by atoms with Crippen LogP contribution < -0.4 is 4.74 Å². The molecule has 2 atom stereocenters. The molecular weight excluding hydrogens is 254 g/mol. The van der Waals surface area contributed by atoms with E-state index in [0.717, 1.165) is 43.8 Å². The number of hydrogen-bond acceptors (Lipinski definition) is 4. The zero-order valence-corrected chi connectivity index (χ0v) is 12.2. The van der Waals surface area contributed by atoms with Crippen molar-refractivity contribution in [2.45, 2.75) is 37.5 Å². The van der Waals surface area contributed by atoms with Crippen LogP contribution in [0.5, 0.6) is 5.75 Å². The predicted molar refractivity (Wildman–Crippen MR) is 77.0 cm³/mol. The van der Waals surface area contributed by atoms with Gasteiger partial charge in [-0.25, -0.2) is 0 Å². The highest BCUT2D eigenvalue weighted by Gasteiger charge is 2.36. The van der Waals surface area contributed by atoms with Crippen LogP contribution in [0.15, 0.2) is 18.2 Å². The first kappa shape index (κ1) is 13.9. The summed E-state index contributed by atoms with van der Waals surface area (Å²) in [5.74, 6) is 0.817. The molecule has 2 aliphatic rings. The van der Waals surface area contributed by atoms with Crippen LogP contribution in [0.25, 0.3) is 0 Å². The average Bonchev–Trinajstić information content (AvgIpc) is 2.84. The summed E-state index contributed by atoms with van der Waals surface area (Å²) in [6, 6.07) is 6.70. The summed E-state index contributed by atoms with van der Waals surface area (Å²) in [5.41, 5.74) is 2.26. The molecule has 1 aromatic carbocycles. The Morgan fingerprint density at radius 1 is 1.30 bits per heavy atom. The Hall–Kier alpha value is -1.10. The molecule has 0 saturated carbocycles. The summed E-state index contributed by atoms with van der Waals surface area (Å²) in [5, 5.41) is 10.6. The summed E-state index contributed by atoms with van der Waals surface area (Å²) in [7, 11) is 3.79. The molecule has 4 heteroatoms. The van der Waals surface area contributed by atoms with Gasteiger partial charge >= 0.3 is 0 Å². The Labute approximate surface area is 120 Å². The fourth-order valence-corrected chi connectivity index (χ4v) is 3.44. The number of aliphatic hydroxyl groups excluding tert-OH is 1. The fraction of sp³-hybridized carbons (Fsp3) is 0.625. The predicted octanol–water partition coefficient (Wildman–Crippen LogP) is 1.76. The normalized spacial score (nSPS) is 26.8. The molecule has 1 fully saturated rings. The molecule has 0 bridgehead atoms. The minimum absolute atomic E-state index is 0.167. The van der Waals surface area contributed by atoms with Crippen molar-refractivity contribution >= 4 is 0 Å². The zero-order chi connectivity index (χ0) is 14.1. The molecule has 1 aliphatic heterocycles.